The van der Waals surface area contributed by atoms with E-state index in [2.05, 4.69) is 5.32 Å². The number of rotatable bonds is 1. The van der Waals surface area contributed by atoms with Crippen molar-refractivity contribution in [2.75, 3.05) is 11.1 Å². The van der Waals surface area contributed by atoms with E-state index >= 15 is 0 Å². The van der Waals surface area contributed by atoms with Crippen molar-refractivity contribution in [3.8, 4) is 0 Å². The molecule has 0 fully saturated rings. The van der Waals surface area contributed by atoms with Gasteiger partial charge in [-0.25, -0.2) is 0 Å². The van der Waals surface area contributed by atoms with Crippen LogP contribution in [0.5, 0.6) is 0 Å². The van der Waals surface area contributed by atoms with Gasteiger partial charge in [-0.15, -0.1) is 0 Å². The summed E-state index contributed by atoms with van der Waals surface area (Å²) in [4.78, 5) is 11.6. The molecular formula is C11H16N2O. The van der Waals surface area contributed by atoms with Gasteiger partial charge < -0.3 is 11.1 Å². The molecule has 0 heterocycles. The van der Waals surface area contributed by atoms with E-state index in [-0.39, 0.29) is 5.91 Å². The molecule has 1 aromatic carbocycles. The van der Waals surface area contributed by atoms with Crippen LogP contribution in [0.15, 0.2) is 24.3 Å². The minimum absolute atomic E-state index is 0.0320. The lowest BCUT2D eigenvalue weighted by molar-refractivity contribution is -0.123. The molecule has 0 aliphatic rings. The summed E-state index contributed by atoms with van der Waals surface area (Å²) in [5.41, 5.74) is 6.56. The highest BCUT2D eigenvalue weighted by Gasteiger charge is 2.21. The fraction of sp³-hybridized carbons (Fsp3) is 0.364. The fourth-order valence-corrected chi connectivity index (χ4v) is 0.921. The number of benzene rings is 1. The van der Waals surface area contributed by atoms with Gasteiger partial charge in [0, 0.05) is 5.41 Å². The van der Waals surface area contributed by atoms with E-state index in [1.165, 1.54) is 0 Å². The van der Waals surface area contributed by atoms with E-state index in [1.54, 1.807) is 12.1 Å². The SMILES string of the molecule is CC(C)(C)C(=O)Nc1ccccc1N. The first-order valence-corrected chi connectivity index (χ1v) is 4.57. The predicted octanol–water partition coefficient (Wildman–Crippen LogP) is 2.25. The van der Waals surface area contributed by atoms with Crippen molar-refractivity contribution in [1.82, 2.24) is 0 Å². The predicted molar refractivity (Wildman–Crippen MR) is 58.9 cm³/mol. The Morgan fingerprint density at radius 2 is 1.86 bits per heavy atom. The standard InChI is InChI=1S/C11H16N2O/c1-11(2,3)10(14)13-9-7-5-4-6-8(9)12/h4-7H,12H2,1-3H3,(H,13,14). The molecule has 0 saturated heterocycles. The average Bonchev–Trinajstić information content (AvgIpc) is 2.07. The van der Waals surface area contributed by atoms with Gasteiger partial charge in [0.25, 0.3) is 0 Å². The molecule has 0 aromatic heterocycles. The molecule has 1 amide bonds. The molecule has 76 valence electrons. The van der Waals surface area contributed by atoms with E-state index in [0.29, 0.717) is 11.4 Å². The molecule has 0 aliphatic heterocycles. The van der Waals surface area contributed by atoms with Gasteiger partial charge in [-0.3, -0.25) is 4.79 Å². The second kappa shape index (κ2) is 3.70. The Hall–Kier alpha value is -1.51. The van der Waals surface area contributed by atoms with Gasteiger partial charge in [-0.2, -0.15) is 0 Å². The molecule has 1 rings (SSSR count). The molecule has 0 aliphatic carbocycles. The highest BCUT2D eigenvalue weighted by molar-refractivity contribution is 5.96. The van der Waals surface area contributed by atoms with Crippen molar-refractivity contribution in [3.63, 3.8) is 0 Å². The number of hydrogen-bond donors (Lipinski definition) is 2. The number of amides is 1. The average molecular weight is 192 g/mol. The Kier molecular flexibility index (Phi) is 2.79. The zero-order chi connectivity index (χ0) is 10.8. The van der Waals surface area contributed by atoms with Crippen LogP contribution >= 0.6 is 0 Å². The van der Waals surface area contributed by atoms with E-state index in [1.807, 2.05) is 32.9 Å². The highest BCUT2D eigenvalue weighted by Crippen LogP contribution is 2.21. The zero-order valence-corrected chi connectivity index (χ0v) is 8.79. The third-order valence-electron chi connectivity index (χ3n) is 1.89. The van der Waals surface area contributed by atoms with Crippen LogP contribution in [0.4, 0.5) is 11.4 Å². The van der Waals surface area contributed by atoms with E-state index in [4.69, 9.17) is 5.73 Å². The Morgan fingerprint density at radius 1 is 1.29 bits per heavy atom. The first-order chi connectivity index (χ1) is 6.41. The summed E-state index contributed by atoms with van der Waals surface area (Å²) >= 11 is 0. The summed E-state index contributed by atoms with van der Waals surface area (Å²) in [6, 6.07) is 7.23. The van der Waals surface area contributed by atoms with Crippen molar-refractivity contribution in [2.24, 2.45) is 5.41 Å². The molecule has 0 bridgehead atoms. The van der Waals surface area contributed by atoms with Gasteiger partial charge in [0.15, 0.2) is 0 Å². The minimum atomic E-state index is -0.401. The second-order valence-corrected chi connectivity index (χ2v) is 4.29. The van der Waals surface area contributed by atoms with Crippen LogP contribution in [0.2, 0.25) is 0 Å². The second-order valence-electron chi connectivity index (χ2n) is 4.29. The molecular weight excluding hydrogens is 176 g/mol. The number of nitrogens with two attached hydrogens (primary N) is 1. The molecule has 0 atom stereocenters. The Bertz CT molecular complexity index is 339. The van der Waals surface area contributed by atoms with Gasteiger partial charge in [0.1, 0.15) is 0 Å². The van der Waals surface area contributed by atoms with Crippen molar-refractivity contribution in [2.45, 2.75) is 20.8 Å². The number of carbonyl (C=O) groups excluding carboxylic acids is 1. The van der Waals surface area contributed by atoms with E-state index in [0.717, 1.165) is 0 Å². The van der Waals surface area contributed by atoms with Crippen LogP contribution in [0.3, 0.4) is 0 Å². The van der Waals surface area contributed by atoms with Crippen molar-refractivity contribution >= 4 is 17.3 Å². The maximum absolute atomic E-state index is 11.6. The van der Waals surface area contributed by atoms with Crippen molar-refractivity contribution in [1.29, 1.82) is 0 Å². The van der Waals surface area contributed by atoms with Crippen LogP contribution in [0.25, 0.3) is 0 Å². The number of carbonyl (C=O) groups is 1. The largest absolute Gasteiger partial charge is 0.397 e. The summed E-state index contributed by atoms with van der Waals surface area (Å²) in [5.74, 6) is -0.0320. The quantitative estimate of drug-likeness (QED) is 0.670. The normalized spacial score (nSPS) is 11.1. The van der Waals surface area contributed by atoms with Crippen LogP contribution < -0.4 is 11.1 Å². The first-order valence-electron chi connectivity index (χ1n) is 4.57. The molecule has 3 heteroatoms. The lowest BCUT2D eigenvalue weighted by atomic mass is 9.95. The smallest absolute Gasteiger partial charge is 0.229 e. The number of nitrogens with one attached hydrogen (secondary N) is 1. The lowest BCUT2D eigenvalue weighted by Gasteiger charge is -2.18. The van der Waals surface area contributed by atoms with E-state index < -0.39 is 5.41 Å². The Labute approximate surface area is 84.3 Å². The first kappa shape index (κ1) is 10.6. The number of anilines is 2. The number of nitrogen functional groups attached to an aromatic ring is 1. The molecule has 14 heavy (non-hydrogen) atoms. The van der Waals surface area contributed by atoms with Crippen molar-refractivity contribution in [3.05, 3.63) is 24.3 Å². The molecule has 3 N–H and O–H groups in total. The van der Waals surface area contributed by atoms with Crippen LogP contribution in [0.1, 0.15) is 20.8 Å². The summed E-state index contributed by atoms with van der Waals surface area (Å²) in [5, 5.41) is 2.79. The number of para-hydroxylation sites is 2. The summed E-state index contributed by atoms with van der Waals surface area (Å²) in [7, 11) is 0. The highest BCUT2D eigenvalue weighted by atomic mass is 16.2. The summed E-state index contributed by atoms with van der Waals surface area (Å²) in [6.07, 6.45) is 0. The lowest BCUT2D eigenvalue weighted by Crippen LogP contribution is -2.27. The Balaban J connectivity index is 2.80. The van der Waals surface area contributed by atoms with Gasteiger partial charge in [0.2, 0.25) is 5.91 Å². The van der Waals surface area contributed by atoms with Gasteiger partial charge in [-0.05, 0) is 12.1 Å². The third kappa shape index (κ3) is 2.49. The van der Waals surface area contributed by atoms with E-state index in [9.17, 15) is 4.79 Å². The monoisotopic (exact) mass is 192 g/mol. The summed E-state index contributed by atoms with van der Waals surface area (Å²) < 4.78 is 0. The van der Waals surface area contributed by atoms with Gasteiger partial charge in [-0.1, -0.05) is 32.9 Å². The molecule has 0 unspecified atom stereocenters. The topological polar surface area (TPSA) is 55.1 Å². The third-order valence-corrected chi connectivity index (χ3v) is 1.89. The van der Waals surface area contributed by atoms with Crippen LogP contribution in [0, 0.1) is 5.41 Å². The van der Waals surface area contributed by atoms with Gasteiger partial charge >= 0.3 is 0 Å². The maximum Gasteiger partial charge on any atom is 0.229 e. The van der Waals surface area contributed by atoms with Crippen LogP contribution in [-0.2, 0) is 4.79 Å². The molecule has 0 spiro atoms. The van der Waals surface area contributed by atoms with Crippen LogP contribution in [-0.4, -0.2) is 5.91 Å². The maximum atomic E-state index is 11.6. The fourth-order valence-electron chi connectivity index (χ4n) is 0.921. The minimum Gasteiger partial charge on any atom is -0.397 e. The Morgan fingerprint density at radius 3 is 2.36 bits per heavy atom. The number of hydrogen-bond acceptors (Lipinski definition) is 2. The molecule has 3 nitrogen and oxygen atoms in total. The van der Waals surface area contributed by atoms with Gasteiger partial charge in [0.05, 0.1) is 11.4 Å². The summed E-state index contributed by atoms with van der Waals surface area (Å²) in [6.45, 7) is 5.59. The molecule has 0 saturated carbocycles. The zero-order valence-electron chi connectivity index (χ0n) is 8.79. The molecule has 1 aromatic rings. The molecule has 0 radical (unpaired) electrons. The van der Waals surface area contributed by atoms with Crippen molar-refractivity contribution < 1.29 is 4.79 Å².